The van der Waals surface area contributed by atoms with Crippen molar-refractivity contribution in [3.8, 4) is 0 Å². The Hall–Kier alpha value is -1.26. The van der Waals surface area contributed by atoms with Crippen LogP contribution in [0.3, 0.4) is 0 Å². The molecule has 1 fully saturated rings. The van der Waals surface area contributed by atoms with Crippen molar-refractivity contribution < 1.29 is 9.59 Å². The van der Waals surface area contributed by atoms with Crippen LogP contribution in [0.4, 0.5) is 4.79 Å². The number of nitrogens with one attached hydrogen (secondary N) is 2. The molecule has 0 radical (unpaired) electrons. The molecule has 4 N–H and O–H groups in total. The SMILES string of the molecule is CNC(=O)C1(CCCNC(N)=O)CC1. The Balaban J connectivity index is 2.18. The van der Waals surface area contributed by atoms with Crippen LogP contribution < -0.4 is 16.4 Å². The van der Waals surface area contributed by atoms with Gasteiger partial charge in [-0.1, -0.05) is 0 Å². The molecule has 0 unspecified atom stereocenters. The van der Waals surface area contributed by atoms with Gasteiger partial charge in [-0.15, -0.1) is 0 Å². The van der Waals surface area contributed by atoms with Gasteiger partial charge in [-0.25, -0.2) is 4.79 Å². The monoisotopic (exact) mass is 199 g/mol. The predicted octanol–water partition coefficient (Wildman–Crippen LogP) is -0.0389. The molecule has 0 heterocycles. The lowest BCUT2D eigenvalue weighted by Gasteiger charge is -2.12. The van der Waals surface area contributed by atoms with E-state index in [1.54, 1.807) is 7.05 Å². The number of nitrogens with two attached hydrogens (primary N) is 1. The summed E-state index contributed by atoms with van der Waals surface area (Å²) in [5, 5.41) is 5.18. The molecule has 5 nitrogen and oxygen atoms in total. The van der Waals surface area contributed by atoms with Crippen molar-refractivity contribution in [2.75, 3.05) is 13.6 Å². The van der Waals surface area contributed by atoms with Gasteiger partial charge >= 0.3 is 6.03 Å². The number of hydrogen-bond donors (Lipinski definition) is 3. The summed E-state index contributed by atoms with van der Waals surface area (Å²) < 4.78 is 0. The third kappa shape index (κ3) is 2.61. The summed E-state index contributed by atoms with van der Waals surface area (Å²) in [7, 11) is 1.66. The zero-order valence-electron chi connectivity index (χ0n) is 8.43. The van der Waals surface area contributed by atoms with Gasteiger partial charge in [0.25, 0.3) is 0 Å². The number of urea groups is 1. The number of carbonyl (C=O) groups excluding carboxylic acids is 2. The van der Waals surface area contributed by atoms with Crippen LogP contribution >= 0.6 is 0 Å². The fourth-order valence-corrected chi connectivity index (χ4v) is 1.65. The van der Waals surface area contributed by atoms with E-state index in [4.69, 9.17) is 5.73 Å². The lowest BCUT2D eigenvalue weighted by atomic mass is 9.99. The fraction of sp³-hybridized carbons (Fsp3) is 0.778. The van der Waals surface area contributed by atoms with Crippen molar-refractivity contribution in [1.82, 2.24) is 10.6 Å². The highest BCUT2D eigenvalue weighted by Crippen LogP contribution is 2.49. The number of primary amides is 1. The summed E-state index contributed by atoms with van der Waals surface area (Å²) in [5.74, 6) is 0.122. The Kier molecular flexibility index (Phi) is 3.33. The van der Waals surface area contributed by atoms with Crippen LogP contribution in [0.1, 0.15) is 25.7 Å². The van der Waals surface area contributed by atoms with E-state index < -0.39 is 6.03 Å². The van der Waals surface area contributed by atoms with E-state index in [9.17, 15) is 9.59 Å². The van der Waals surface area contributed by atoms with Crippen LogP contribution in [0.2, 0.25) is 0 Å². The van der Waals surface area contributed by atoms with Gasteiger partial charge in [0.1, 0.15) is 0 Å². The van der Waals surface area contributed by atoms with Crippen LogP contribution in [-0.4, -0.2) is 25.5 Å². The topological polar surface area (TPSA) is 84.2 Å². The van der Waals surface area contributed by atoms with Crippen LogP contribution in [0.5, 0.6) is 0 Å². The largest absolute Gasteiger partial charge is 0.359 e. The molecule has 1 saturated carbocycles. The highest BCUT2D eigenvalue weighted by atomic mass is 16.2. The second kappa shape index (κ2) is 4.30. The molecule has 5 heteroatoms. The highest BCUT2D eigenvalue weighted by molar-refractivity contribution is 5.84. The van der Waals surface area contributed by atoms with Gasteiger partial charge in [-0.05, 0) is 25.7 Å². The summed E-state index contributed by atoms with van der Waals surface area (Å²) >= 11 is 0. The van der Waals surface area contributed by atoms with Gasteiger partial charge < -0.3 is 16.4 Å². The van der Waals surface area contributed by atoms with Gasteiger partial charge in [0, 0.05) is 19.0 Å². The molecule has 14 heavy (non-hydrogen) atoms. The van der Waals surface area contributed by atoms with E-state index in [1.807, 2.05) is 0 Å². The van der Waals surface area contributed by atoms with Crippen molar-refractivity contribution in [3.05, 3.63) is 0 Å². The van der Waals surface area contributed by atoms with E-state index in [1.165, 1.54) is 0 Å². The molecule has 80 valence electrons. The maximum Gasteiger partial charge on any atom is 0.312 e. The number of carbonyl (C=O) groups is 2. The minimum Gasteiger partial charge on any atom is -0.359 e. The molecule has 0 aromatic heterocycles. The first-order valence-corrected chi connectivity index (χ1v) is 4.86. The van der Waals surface area contributed by atoms with Crippen molar-refractivity contribution in [2.24, 2.45) is 11.1 Å². The highest BCUT2D eigenvalue weighted by Gasteiger charge is 2.48. The summed E-state index contributed by atoms with van der Waals surface area (Å²) in [6.45, 7) is 0.550. The lowest BCUT2D eigenvalue weighted by molar-refractivity contribution is -0.126. The number of amides is 3. The minimum atomic E-state index is -0.505. The van der Waals surface area contributed by atoms with Gasteiger partial charge in [-0.2, -0.15) is 0 Å². The van der Waals surface area contributed by atoms with Crippen LogP contribution in [0.15, 0.2) is 0 Å². The minimum absolute atomic E-state index is 0.122. The third-order valence-corrected chi connectivity index (χ3v) is 2.69. The summed E-state index contributed by atoms with van der Waals surface area (Å²) in [5.41, 5.74) is 4.77. The summed E-state index contributed by atoms with van der Waals surface area (Å²) in [4.78, 5) is 21.8. The Labute approximate surface area is 83.4 Å². The van der Waals surface area contributed by atoms with Crippen molar-refractivity contribution in [3.63, 3.8) is 0 Å². The molecule has 0 aromatic carbocycles. The maximum absolute atomic E-state index is 11.4. The zero-order chi connectivity index (χ0) is 10.6. The van der Waals surface area contributed by atoms with E-state index in [0.717, 1.165) is 25.7 Å². The first-order chi connectivity index (χ1) is 6.60. The van der Waals surface area contributed by atoms with E-state index >= 15 is 0 Å². The molecule has 0 aliphatic heterocycles. The molecule has 0 saturated heterocycles. The van der Waals surface area contributed by atoms with Gasteiger partial charge in [0.15, 0.2) is 0 Å². The Morgan fingerprint density at radius 3 is 2.50 bits per heavy atom. The van der Waals surface area contributed by atoms with Gasteiger partial charge in [0.05, 0.1) is 0 Å². The Morgan fingerprint density at radius 2 is 2.07 bits per heavy atom. The van der Waals surface area contributed by atoms with Gasteiger partial charge in [0.2, 0.25) is 5.91 Å². The summed E-state index contributed by atoms with van der Waals surface area (Å²) in [6.07, 6.45) is 3.55. The molecule has 1 rings (SSSR count). The molecular formula is C9H17N3O2. The van der Waals surface area contributed by atoms with E-state index in [-0.39, 0.29) is 11.3 Å². The average molecular weight is 199 g/mol. The van der Waals surface area contributed by atoms with Crippen molar-refractivity contribution >= 4 is 11.9 Å². The first-order valence-electron chi connectivity index (χ1n) is 4.86. The third-order valence-electron chi connectivity index (χ3n) is 2.69. The molecule has 3 amide bonds. The lowest BCUT2D eigenvalue weighted by Crippen LogP contribution is -2.32. The molecule has 0 bridgehead atoms. The molecule has 1 aliphatic rings. The average Bonchev–Trinajstić information content (AvgIpc) is 2.92. The van der Waals surface area contributed by atoms with Crippen LogP contribution in [-0.2, 0) is 4.79 Å². The van der Waals surface area contributed by atoms with Crippen molar-refractivity contribution in [1.29, 1.82) is 0 Å². The zero-order valence-corrected chi connectivity index (χ0v) is 8.43. The van der Waals surface area contributed by atoms with Crippen molar-refractivity contribution in [2.45, 2.75) is 25.7 Å². The molecule has 1 aliphatic carbocycles. The van der Waals surface area contributed by atoms with E-state index in [0.29, 0.717) is 6.54 Å². The first kappa shape index (κ1) is 10.8. The van der Waals surface area contributed by atoms with E-state index in [2.05, 4.69) is 10.6 Å². The Bertz CT molecular complexity index is 236. The fourth-order valence-electron chi connectivity index (χ4n) is 1.65. The normalized spacial score (nSPS) is 17.2. The molecule has 0 atom stereocenters. The van der Waals surface area contributed by atoms with Crippen LogP contribution in [0, 0.1) is 5.41 Å². The quantitative estimate of drug-likeness (QED) is 0.543. The second-order valence-electron chi connectivity index (χ2n) is 3.75. The smallest absolute Gasteiger partial charge is 0.312 e. The van der Waals surface area contributed by atoms with Gasteiger partial charge in [-0.3, -0.25) is 4.79 Å². The molecule has 0 aromatic rings. The second-order valence-corrected chi connectivity index (χ2v) is 3.75. The summed E-state index contributed by atoms with van der Waals surface area (Å²) in [6, 6.07) is -0.505. The number of hydrogen-bond acceptors (Lipinski definition) is 2. The Morgan fingerprint density at radius 1 is 1.43 bits per heavy atom. The molecule has 0 spiro atoms. The maximum atomic E-state index is 11.4. The van der Waals surface area contributed by atoms with Crippen LogP contribution in [0.25, 0.3) is 0 Å². The predicted molar refractivity (Wildman–Crippen MR) is 52.6 cm³/mol. The standard InChI is InChI=1S/C9H17N3O2/c1-11-7(13)9(4-5-9)3-2-6-12-8(10)14/h2-6H2,1H3,(H,11,13)(H3,10,12,14). The number of rotatable bonds is 5. The molecular weight excluding hydrogens is 182 g/mol.